The lowest BCUT2D eigenvalue weighted by atomic mass is 10.1. The molecule has 0 bridgehead atoms. The van der Waals surface area contributed by atoms with Gasteiger partial charge in [0.25, 0.3) is 0 Å². The number of rotatable bonds is 1. The Morgan fingerprint density at radius 3 is 2.83 bits per heavy atom. The molecule has 5 heteroatoms. The lowest BCUT2D eigenvalue weighted by Crippen LogP contribution is -2.62. The van der Waals surface area contributed by atoms with Crippen molar-refractivity contribution in [1.29, 1.82) is 0 Å². The smallest absolute Gasteiger partial charge is 0.241 e. The molecule has 3 atom stereocenters. The van der Waals surface area contributed by atoms with Crippen LogP contribution in [0.5, 0.6) is 0 Å². The quantitative estimate of drug-likeness (QED) is 0.644. The largest absolute Gasteiger partial charge is 0.338 e. The molecule has 0 radical (unpaired) electrons. The lowest BCUT2D eigenvalue weighted by Gasteiger charge is -2.40. The molecule has 3 unspecified atom stereocenters. The van der Waals surface area contributed by atoms with Gasteiger partial charge in [0.05, 0.1) is 6.04 Å². The van der Waals surface area contributed by atoms with Crippen molar-refractivity contribution in [2.24, 2.45) is 0 Å². The highest BCUT2D eigenvalue weighted by Gasteiger charge is 2.35. The van der Waals surface area contributed by atoms with Gasteiger partial charge in [-0.15, -0.1) is 0 Å². The van der Waals surface area contributed by atoms with E-state index in [1.54, 1.807) is 0 Å². The minimum absolute atomic E-state index is 0.0193. The van der Waals surface area contributed by atoms with Crippen LogP contribution in [0, 0.1) is 0 Å². The molecule has 0 aliphatic carbocycles. The van der Waals surface area contributed by atoms with Gasteiger partial charge in [0.15, 0.2) is 0 Å². The molecule has 3 fully saturated rings. The summed E-state index contributed by atoms with van der Waals surface area (Å²) in [6, 6.07) is 1.08. The first-order valence-corrected chi connectivity index (χ1v) is 7.23. The van der Waals surface area contributed by atoms with Crippen LogP contribution in [0.1, 0.15) is 19.8 Å². The minimum Gasteiger partial charge on any atom is -0.338 e. The van der Waals surface area contributed by atoms with Gasteiger partial charge in [-0.2, -0.15) is 0 Å². The maximum Gasteiger partial charge on any atom is 0.241 e. The summed E-state index contributed by atoms with van der Waals surface area (Å²) in [5.41, 5.74) is 0. The normalized spacial score (nSPS) is 37.6. The zero-order valence-corrected chi connectivity index (χ0v) is 11.2. The van der Waals surface area contributed by atoms with Crippen LogP contribution < -0.4 is 10.6 Å². The number of fused-ring (bicyclic) bond motifs is 1. The van der Waals surface area contributed by atoms with Gasteiger partial charge < -0.3 is 15.5 Å². The molecular weight excluding hydrogens is 228 g/mol. The van der Waals surface area contributed by atoms with Crippen molar-refractivity contribution < 1.29 is 4.79 Å². The van der Waals surface area contributed by atoms with Crippen molar-refractivity contribution in [2.45, 2.75) is 37.9 Å². The zero-order valence-electron chi connectivity index (χ0n) is 11.2. The summed E-state index contributed by atoms with van der Waals surface area (Å²) >= 11 is 0. The minimum atomic E-state index is -0.0193. The number of carbonyl (C=O) groups is 1. The summed E-state index contributed by atoms with van der Waals surface area (Å²) in [4.78, 5) is 17.1. The van der Waals surface area contributed by atoms with Crippen molar-refractivity contribution in [3.05, 3.63) is 0 Å². The van der Waals surface area contributed by atoms with Gasteiger partial charge in [0, 0.05) is 44.8 Å². The van der Waals surface area contributed by atoms with E-state index in [9.17, 15) is 4.79 Å². The second kappa shape index (κ2) is 5.15. The van der Waals surface area contributed by atoms with Crippen molar-refractivity contribution in [3.63, 3.8) is 0 Å². The maximum absolute atomic E-state index is 12.5. The van der Waals surface area contributed by atoms with Gasteiger partial charge >= 0.3 is 0 Å². The molecule has 3 aliphatic heterocycles. The molecule has 0 aromatic rings. The van der Waals surface area contributed by atoms with E-state index in [4.69, 9.17) is 0 Å². The number of nitrogens with zero attached hydrogens (tertiary/aromatic N) is 2. The lowest BCUT2D eigenvalue weighted by molar-refractivity contribution is -0.136. The molecule has 0 aromatic heterocycles. The Bertz CT molecular complexity index is 314. The fourth-order valence-electron chi connectivity index (χ4n) is 3.37. The molecule has 3 heterocycles. The second-order valence-electron chi connectivity index (χ2n) is 5.89. The molecule has 0 spiro atoms. The third-order valence-electron chi connectivity index (χ3n) is 4.54. The maximum atomic E-state index is 12.5. The van der Waals surface area contributed by atoms with Crippen LogP contribution in [-0.4, -0.2) is 73.1 Å². The SMILES string of the molecule is CC1CNC(C(=O)N2CCN3CCCC3C2)CN1. The molecule has 3 rings (SSSR count). The van der Waals surface area contributed by atoms with Gasteiger partial charge in [-0.05, 0) is 26.3 Å². The number of nitrogens with one attached hydrogen (secondary N) is 2. The standard InChI is InChI=1S/C13H24N4O/c1-10-7-15-12(8-14-10)13(18)17-6-5-16-4-2-3-11(16)9-17/h10-12,14-15H,2-9H2,1H3. The van der Waals surface area contributed by atoms with Crippen molar-refractivity contribution in [2.75, 3.05) is 39.3 Å². The van der Waals surface area contributed by atoms with E-state index < -0.39 is 0 Å². The van der Waals surface area contributed by atoms with E-state index >= 15 is 0 Å². The first-order chi connectivity index (χ1) is 8.74. The number of hydrogen-bond donors (Lipinski definition) is 2. The van der Waals surface area contributed by atoms with Crippen molar-refractivity contribution >= 4 is 5.91 Å². The van der Waals surface area contributed by atoms with E-state index in [1.165, 1.54) is 19.4 Å². The molecule has 5 nitrogen and oxygen atoms in total. The third-order valence-corrected chi connectivity index (χ3v) is 4.54. The Morgan fingerprint density at radius 2 is 2.06 bits per heavy atom. The van der Waals surface area contributed by atoms with Crippen LogP contribution in [0.2, 0.25) is 0 Å². The van der Waals surface area contributed by atoms with Gasteiger partial charge in [-0.3, -0.25) is 9.69 Å². The van der Waals surface area contributed by atoms with Gasteiger partial charge in [0.1, 0.15) is 0 Å². The highest BCUT2D eigenvalue weighted by molar-refractivity contribution is 5.82. The zero-order chi connectivity index (χ0) is 12.5. The average Bonchev–Trinajstić information content (AvgIpc) is 2.86. The highest BCUT2D eigenvalue weighted by atomic mass is 16.2. The number of piperazine rings is 2. The summed E-state index contributed by atoms with van der Waals surface area (Å²) < 4.78 is 0. The highest BCUT2D eigenvalue weighted by Crippen LogP contribution is 2.21. The van der Waals surface area contributed by atoms with Crippen LogP contribution in [0.4, 0.5) is 0 Å². The monoisotopic (exact) mass is 252 g/mol. The van der Waals surface area contributed by atoms with E-state index in [1.807, 2.05) is 0 Å². The Balaban J connectivity index is 1.56. The van der Waals surface area contributed by atoms with E-state index in [0.29, 0.717) is 18.0 Å². The molecule has 18 heavy (non-hydrogen) atoms. The predicted octanol–water partition coefficient (Wildman–Crippen LogP) is -0.757. The number of carbonyl (C=O) groups excluding carboxylic acids is 1. The molecular formula is C13H24N4O. The van der Waals surface area contributed by atoms with Crippen LogP contribution in [0.3, 0.4) is 0 Å². The van der Waals surface area contributed by atoms with Gasteiger partial charge in [-0.1, -0.05) is 0 Å². The Kier molecular flexibility index (Phi) is 3.54. The number of hydrogen-bond acceptors (Lipinski definition) is 4. The summed E-state index contributed by atoms with van der Waals surface area (Å²) in [5, 5.41) is 6.74. The van der Waals surface area contributed by atoms with E-state index in [2.05, 4.69) is 27.4 Å². The summed E-state index contributed by atoms with van der Waals surface area (Å²) in [6.07, 6.45) is 2.56. The van der Waals surface area contributed by atoms with Crippen LogP contribution >= 0.6 is 0 Å². The fourth-order valence-corrected chi connectivity index (χ4v) is 3.37. The second-order valence-corrected chi connectivity index (χ2v) is 5.89. The first-order valence-electron chi connectivity index (χ1n) is 7.23. The fraction of sp³-hybridized carbons (Fsp3) is 0.923. The average molecular weight is 252 g/mol. The molecule has 0 saturated carbocycles. The van der Waals surface area contributed by atoms with E-state index in [0.717, 1.165) is 32.7 Å². The molecule has 0 aromatic carbocycles. The number of amides is 1. The molecule has 3 aliphatic rings. The van der Waals surface area contributed by atoms with Crippen molar-refractivity contribution in [1.82, 2.24) is 20.4 Å². The van der Waals surface area contributed by atoms with Gasteiger partial charge in [0.2, 0.25) is 5.91 Å². The Hall–Kier alpha value is -0.650. The Labute approximate surface area is 109 Å². The van der Waals surface area contributed by atoms with E-state index in [-0.39, 0.29) is 6.04 Å². The third kappa shape index (κ3) is 2.39. The molecule has 2 N–H and O–H groups in total. The summed E-state index contributed by atoms with van der Waals surface area (Å²) in [6.45, 7) is 7.94. The summed E-state index contributed by atoms with van der Waals surface area (Å²) in [5.74, 6) is 0.293. The predicted molar refractivity (Wildman–Crippen MR) is 70.4 cm³/mol. The van der Waals surface area contributed by atoms with Crippen LogP contribution in [0.25, 0.3) is 0 Å². The first kappa shape index (κ1) is 12.4. The topological polar surface area (TPSA) is 47.6 Å². The molecule has 1 amide bonds. The van der Waals surface area contributed by atoms with Crippen LogP contribution in [-0.2, 0) is 4.79 Å². The molecule has 3 saturated heterocycles. The van der Waals surface area contributed by atoms with Gasteiger partial charge in [-0.25, -0.2) is 0 Å². The Morgan fingerprint density at radius 1 is 1.17 bits per heavy atom. The molecule has 102 valence electrons. The van der Waals surface area contributed by atoms with Crippen molar-refractivity contribution in [3.8, 4) is 0 Å². The van der Waals surface area contributed by atoms with Crippen LogP contribution in [0.15, 0.2) is 0 Å². The summed E-state index contributed by atoms with van der Waals surface area (Å²) in [7, 11) is 0.